The summed E-state index contributed by atoms with van der Waals surface area (Å²) in [5, 5.41) is 12.5. The van der Waals surface area contributed by atoms with Gasteiger partial charge >= 0.3 is 0 Å². The molecule has 0 radical (unpaired) electrons. The van der Waals surface area contributed by atoms with Gasteiger partial charge in [0, 0.05) is 18.9 Å². The fourth-order valence-corrected chi connectivity index (χ4v) is 1.63. The zero-order valence-corrected chi connectivity index (χ0v) is 9.19. The van der Waals surface area contributed by atoms with Gasteiger partial charge in [-0.3, -0.25) is 14.5 Å². The van der Waals surface area contributed by atoms with E-state index in [9.17, 15) is 14.7 Å². The molecule has 0 spiro atoms. The van der Waals surface area contributed by atoms with Gasteiger partial charge in [0.15, 0.2) is 0 Å². The van der Waals surface area contributed by atoms with Gasteiger partial charge in [0.05, 0.1) is 12.6 Å². The Hall–Kier alpha value is -0.940. The lowest BCUT2D eigenvalue weighted by Crippen LogP contribution is -2.41. The number of nitrogens with one attached hydrogen (secondary N) is 1. The molecule has 0 aromatic heterocycles. The average Bonchev–Trinajstić information content (AvgIpc) is 2.42. The van der Waals surface area contributed by atoms with E-state index >= 15 is 0 Å². The highest BCUT2D eigenvalue weighted by Gasteiger charge is 2.36. The molecular weight excluding hydrogens is 196 g/mol. The predicted molar refractivity (Wildman–Crippen MR) is 55.1 cm³/mol. The van der Waals surface area contributed by atoms with Gasteiger partial charge in [0.1, 0.15) is 0 Å². The van der Waals surface area contributed by atoms with Crippen molar-refractivity contribution in [2.45, 2.75) is 26.4 Å². The minimum atomic E-state index is -0.678. The fraction of sp³-hybridized carbons (Fsp3) is 0.800. The molecule has 0 aromatic carbocycles. The number of carbonyl (C=O) groups excluding carboxylic acids is 2. The third kappa shape index (κ3) is 3.00. The number of amides is 2. The number of aliphatic hydroxyl groups excluding tert-OH is 1. The third-order valence-corrected chi connectivity index (χ3v) is 2.49. The molecule has 1 saturated heterocycles. The highest BCUT2D eigenvalue weighted by atomic mass is 16.3. The van der Waals surface area contributed by atoms with Crippen LogP contribution < -0.4 is 5.32 Å². The van der Waals surface area contributed by atoms with E-state index in [-0.39, 0.29) is 30.7 Å². The normalized spacial score (nSPS) is 23.7. The standard InChI is InChI=1S/C10H18N2O3/c1-3-11-5-8(13)6-12-9(14)4-7(2)10(12)15/h7-8,11,13H,3-6H2,1-2H3. The maximum atomic E-state index is 11.5. The molecule has 1 aliphatic rings. The van der Waals surface area contributed by atoms with Crippen LogP contribution in [0.25, 0.3) is 0 Å². The quantitative estimate of drug-likeness (QED) is 0.597. The van der Waals surface area contributed by atoms with Crippen LogP contribution in [0.4, 0.5) is 0 Å². The molecule has 0 bridgehead atoms. The van der Waals surface area contributed by atoms with Crippen molar-refractivity contribution in [3.05, 3.63) is 0 Å². The molecule has 0 saturated carbocycles. The molecule has 1 rings (SSSR count). The average molecular weight is 214 g/mol. The van der Waals surface area contributed by atoms with Gasteiger partial charge in [-0.15, -0.1) is 0 Å². The van der Waals surface area contributed by atoms with Crippen molar-refractivity contribution in [3.63, 3.8) is 0 Å². The summed E-state index contributed by atoms with van der Waals surface area (Å²) >= 11 is 0. The van der Waals surface area contributed by atoms with E-state index in [4.69, 9.17) is 0 Å². The first-order valence-corrected chi connectivity index (χ1v) is 5.29. The van der Waals surface area contributed by atoms with Crippen molar-refractivity contribution in [1.82, 2.24) is 10.2 Å². The van der Waals surface area contributed by atoms with E-state index < -0.39 is 6.10 Å². The van der Waals surface area contributed by atoms with E-state index in [1.165, 1.54) is 0 Å². The Morgan fingerprint density at radius 1 is 1.60 bits per heavy atom. The summed E-state index contributed by atoms with van der Waals surface area (Å²) in [6, 6.07) is 0. The maximum Gasteiger partial charge on any atom is 0.232 e. The summed E-state index contributed by atoms with van der Waals surface area (Å²) in [7, 11) is 0. The van der Waals surface area contributed by atoms with Crippen LogP contribution >= 0.6 is 0 Å². The van der Waals surface area contributed by atoms with Crippen molar-refractivity contribution in [2.75, 3.05) is 19.6 Å². The van der Waals surface area contributed by atoms with Crippen molar-refractivity contribution >= 4 is 11.8 Å². The van der Waals surface area contributed by atoms with Gasteiger partial charge in [-0.05, 0) is 6.54 Å². The number of aliphatic hydroxyl groups is 1. The van der Waals surface area contributed by atoms with Crippen LogP contribution in [0, 0.1) is 5.92 Å². The Morgan fingerprint density at radius 3 is 2.73 bits per heavy atom. The van der Waals surface area contributed by atoms with Gasteiger partial charge in [-0.1, -0.05) is 13.8 Å². The second-order valence-corrected chi connectivity index (χ2v) is 3.91. The molecule has 0 aromatic rings. The molecule has 86 valence electrons. The van der Waals surface area contributed by atoms with Crippen molar-refractivity contribution in [3.8, 4) is 0 Å². The number of likely N-dealkylation sites (tertiary alicyclic amines) is 1. The van der Waals surface area contributed by atoms with Gasteiger partial charge in [-0.2, -0.15) is 0 Å². The zero-order valence-electron chi connectivity index (χ0n) is 9.19. The van der Waals surface area contributed by atoms with Gasteiger partial charge in [-0.25, -0.2) is 0 Å². The smallest absolute Gasteiger partial charge is 0.232 e. The maximum absolute atomic E-state index is 11.5. The number of hydrogen-bond acceptors (Lipinski definition) is 4. The van der Waals surface area contributed by atoms with Gasteiger partial charge < -0.3 is 10.4 Å². The van der Waals surface area contributed by atoms with E-state index in [0.717, 1.165) is 11.4 Å². The number of imide groups is 1. The molecule has 2 atom stereocenters. The molecule has 2 N–H and O–H groups in total. The summed E-state index contributed by atoms with van der Waals surface area (Å²) < 4.78 is 0. The van der Waals surface area contributed by atoms with E-state index in [1.54, 1.807) is 6.92 Å². The fourth-order valence-electron chi connectivity index (χ4n) is 1.63. The second kappa shape index (κ2) is 5.23. The molecule has 2 unspecified atom stereocenters. The van der Waals surface area contributed by atoms with Crippen LogP contribution in [0.15, 0.2) is 0 Å². The Labute approximate surface area is 89.4 Å². The Balaban J connectivity index is 2.43. The molecule has 0 aliphatic carbocycles. The van der Waals surface area contributed by atoms with Crippen molar-refractivity contribution < 1.29 is 14.7 Å². The number of rotatable bonds is 5. The lowest BCUT2D eigenvalue weighted by atomic mass is 10.1. The number of β-amino-alcohol motifs (C(OH)–C–C–N with tert-alkyl or cyclic N) is 1. The van der Waals surface area contributed by atoms with Crippen LogP contribution in [-0.2, 0) is 9.59 Å². The predicted octanol–water partition coefficient (Wildman–Crippen LogP) is -0.648. The summed E-state index contributed by atoms with van der Waals surface area (Å²) in [6.07, 6.45) is -0.407. The third-order valence-electron chi connectivity index (χ3n) is 2.49. The monoisotopic (exact) mass is 214 g/mol. The number of hydrogen-bond donors (Lipinski definition) is 2. The van der Waals surface area contributed by atoms with Crippen molar-refractivity contribution in [1.29, 1.82) is 0 Å². The van der Waals surface area contributed by atoms with E-state index in [0.29, 0.717) is 6.54 Å². The largest absolute Gasteiger partial charge is 0.390 e. The van der Waals surface area contributed by atoms with Crippen LogP contribution in [0.5, 0.6) is 0 Å². The first-order valence-electron chi connectivity index (χ1n) is 5.29. The minimum Gasteiger partial charge on any atom is -0.390 e. The number of likely N-dealkylation sites (N-methyl/N-ethyl adjacent to an activating group) is 1. The molecule has 1 fully saturated rings. The van der Waals surface area contributed by atoms with Gasteiger partial charge in [0.25, 0.3) is 0 Å². The first kappa shape index (κ1) is 12.1. The van der Waals surface area contributed by atoms with Crippen molar-refractivity contribution in [2.24, 2.45) is 5.92 Å². The molecule has 2 amide bonds. The van der Waals surface area contributed by atoms with E-state index in [2.05, 4.69) is 5.32 Å². The molecule has 15 heavy (non-hydrogen) atoms. The summed E-state index contributed by atoms with van der Waals surface area (Å²) in [5.74, 6) is -0.581. The first-order chi connectivity index (χ1) is 7.06. The summed E-state index contributed by atoms with van der Waals surface area (Å²) in [6.45, 7) is 4.93. The molecule has 5 nitrogen and oxygen atoms in total. The number of nitrogens with zero attached hydrogens (tertiary/aromatic N) is 1. The van der Waals surface area contributed by atoms with Gasteiger partial charge in [0.2, 0.25) is 11.8 Å². The van der Waals surface area contributed by atoms with Crippen LogP contribution in [0.1, 0.15) is 20.3 Å². The second-order valence-electron chi connectivity index (χ2n) is 3.91. The number of carbonyl (C=O) groups is 2. The highest BCUT2D eigenvalue weighted by molar-refractivity contribution is 6.03. The highest BCUT2D eigenvalue weighted by Crippen LogP contribution is 2.18. The van der Waals surface area contributed by atoms with Crippen LogP contribution in [-0.4, -0.2) is 47.6 Å². The zero-order chi connectivity index (χ0) is 11.4. The van der Waals surface area contributed by atoms with Crippen LogP contribution in [0.2, 0.25) is 0 Å². The lowest BCUT2D eigenvalue weighted by molar-refractivity contribution is -0.140. The van der Waals surface area contributed by atoms with E-state index in [1.807, 2.05) is 6.92 Å². The Kier molecular flexibility index (Phi) is 4.23. The molecule has 5 heteroatoms. The Bertz CT molecular complexity index is 255. The SMILES string of the molecule is CCNCC(O)CN1C(=O)CC(C)C1=O. The summed E-state index contributed by atoms with van der Waals surface area (Å²) in [5.41, 5.74) is 0. The topological polar surface area (TPSA) is 69.6 Å². The molecule has 1 aliphatic heterocycles. The Morgan fingerprint density at radius 2 is 2.27 bits per heavy atom. The minimum absolute atomic E-state index is 0.106. The summed E-state index contributed by atoms with van der Waals surface area (Å²) in [4.78, 5) is 24.0. The molecule has 1 heterocycles. The van der Waals surface area contributed by atoms with Crippen LogP contribution in [0.3, 0.4) is 0 Å². The lowest BCUT2D eigenvalue weighted by Gasteiger charge is -2.18. The molecular formula is C10H18N2O3.